The summed E-state index contributed by atoms with van der Waals surface area (Å²) >= 11 is 0. The summed E-state index contributed by atoms with van der Waals surface area (Å²) in [7, 11) is 0. The van der Waals surface area contributed by atoms with Crippen LogP contribution in [0, 0.1) is 17.8 Å². The van der Waals surface area contributed by atoms with Gasteiger partial charge in [-0.05, 0) is 37.5 Å². The summed E-state index contributed by atoms with van der Waals surface area (Å²) in [4.78, 5) is 23.0. The summed E-state index contributed by atoms with van der Waals surface area (Å²) in [6.07, 6.45) is 4.80. The number of carboxylic acids is 1. The fourth-order valence-electron chi connectivity index (χ4n) is 2.83. The highest BCUT2D eigenvalue weighted by atomic mass is 16.5. The molecule has 1 heterocycles. The molecule has 3 fully saturated rings. The van der Waals surface area contributed by atoms with Crippen LogP contribution in [0.2, 0.25) is 0 Å². The first kappa shape index (κ1) is 12.7. The number of urea groups is 1. The van der Waals surface area contributed by atoms with Gasteiger partial charge in [0.2, 0.25) is 0 Å². The summed E-state index contributed by atoms with van der Waals surface area (Å²) in [6.45, 7) is 0.455. The van der Waals surface area contributed by atoms with E-state index in [1.165, 1.54) is 25.7 Å². The van der Waals surface area contributed by atoms with E-state index in [-0.39, 0.29) is 25.3 Å². The van der Waals surface area contributed by atoms with Gasteiger partial charge in [-0.3, -0.25) is 4.79 Å². The molecule has 2 saturated carbocycles. The molecule has 3 aliphatic rings. The normalized spacial score (nSPS) is 30.4. The molecule has 6 nitrogen and oxygen atoms in total. The second-order valence-electron chi connectivity index (χ2n) is 5.91. The molecule has 3 N–H and O–H groups in total. The van der Waals surface area contributed by atoms with Gasteiger partial charge in [0.25, 0.3) is 0 Å². The van der Waals surface area contributed by atoms with Crippen LogP contribution in [0.25, 0.3) is 0 Å². The highest BCUT2D eigenvalue weighted by molar-refractivity contribution is 5.77. The second-order valence-corrected chi connectivity index (χ2v) is 5.91. The molecule has 106 valence electrons. The standard InChI is InChI=1S/C13H20N2O4/c16-12(17)9-5-19-6-10(9)14-13(18)15-11(7-1-2-7)8-3-4-8/h7-11H,1-6H2,(H,16,17)(H2,14,15,18). The Morgan fingerprint density at radius 3 is 2.26 bits per heavy atom. The average Bonchev–Trinajstić information content (AvgIpc) is 3.26. The van der Waals surface area contributed by atoms with Crippen LogP contribution in [-0.4, -0.2) is 42.4 Å². The molecule has 3 rings (SSSR count). The number of amides is 2. The van der Waals surface area contributed by atoms with Crippen molar-refractivity contribution in [1.29, 1.82) is 0 Å². The number of hydrogen-bond donors (Lipinski definition) is 3. The van der Waals surface area contributed by atoms with Crippen LogP contribution in [0.3, 0.4) is 0 Å². The van der Waals surface area contributed by atoms with E-state index in [4.69, 9.17) is 9.84 Å². The van der Waals surface area contributed by atoms with E-state index >= 15 is 0 Å². The maximum Gasteiger partial charge on any atom is 0.315 e. The van der Waals surface area contributed by atoms with Crippen LogP contribution >= 0.6 is 0 Å². The number of aliphatic carboxylic acids is 1. The van der Waals surface area contributed by atoms with Crippen molar-refractivity contribution in [3.05, 3.63) is 0 Å². The molecule has 0 aromatic heterocycles. The molecule has 6 heteroatoms. The lowest BCUT2D eigenvalue weighted by molar-refractivity contribution is -0.142. The largest absolute Gasteiger partial charge is 0.481 e. The summed E-state index contributed by atoms with van der Waals surface area (Å²) < 4.78 is 5.13. The lowest BCUT2D eigenvalue weighted by Gasteiger charge is -2.21. The van der Waals surface area contributed by atoms with E-state index in [0.29, 0.717) is 11.8 Å². The SMILES string of the molecule is O=C(NC1COCC1C(=O)O)NC(C1CC1)C1CC1. The molecule has 0 bridgehead atoms. The van der Waals surface area contributed by atoms with Crippen molar-refractivity contribution in [2.45, 2.75) is 37.8 Å². The lowest BCUT2D eigenvalue weighted by Crippen LogP contribution is -2.50. The van der Waals surface area contributed by atoms with Crippen LogP contribution in [0.4, 0.5) is 4.79 Å². The molecule has 2 unspecified atom stereocenters. The van der Waals surface area contributed by atoms with Crippen LogP contribution < -0.4 is 10.6 Å². The van der Waals surface area contributed by atoms with Crippen LogP contribution in [-0.2, 0) is 9.53 Å². The van der Waals surface area contributed by atoms with E-state index in [0.717, 1.165) is 0 Å². The van der Waals surface area contributed by atoms with Crippen LogP contribution in [0.1, 0.15) is 25.7 Å². The fraction of sp³-hybridized carbons (Fsp3) is 0.846. The summed E-state index contributed by atoms with van der Waals surface area (Å²) in [5.74, 6) is -0.281. The zero-order valence-electron chi connectivity index (χ0n) is 10.8. The van der Waals surface area contributed by atoms with Gasteiger partial charge in [-0.15, -0.1) is 0 Å². The summed E-state index contributed by atoms with van der Waals surface area (Å²) in [5, 5.41) is 14.8. The summed E-state index contributed by atoms with van der Waals surface area (Å²) in [6, 6.07) is -0.382. The van der Waals surface area contributed by atoms with Gasteiger partial charge in [0.05, 0.1) is 19.3 Å². The molecule has 2 atom stereocenters. The number of rotatable bonds is 5. The number of ether oxygens (including phenoxy) is 1. The van der Waals surface area contributed by atoms with Gasteiger partial charge in [-0.25, -0.2) is 4.79 Å². The van der Waals surface area contributed by atoms with E-state index < -0.39 is 17.9 Å². The number of carbonyl (C=O) groups excluding carboxylic acids is 1. The van der Waals surface area contributed by atoms with Crippen LogP contribution in [0.5, 0.6) is 0 Å². The first-order valence-electron chi connectivity index (χ1n) is 7.02. The fourth-order valence-corrected chi connectivity index (χ4v) is 2.83. The first-order valence-corrected chi connectivity index (χ1v) is 7.02. The van der Waals surface area contributed by atoms with Gasteiger partial charge in [-0.1, -0.05) is 0 Å². The highest BCUT2D eigenvalue weighted by Gasteiger charge is 2.43. The van der Waals surface area contributed by atoms with Gasteiger partial charge in [0.15, 0.2) is 0 Å². The van der Waals surface area contributed by atoms with Gasteiger partial charge in [0.1, 0.15) is 5.92 Å². The Morgan fingerprint density at radius 1 is 1.11 bits per heavy atom. The van der Waals surface area contributed by atoms with Gasteiger partial charge < -0.3 is 20.5 Å². The molecular weight excluding hydrogens is 248 g/mol. The molecule has 0 aromatic carbocycles. The van der Waals surface area contributed by atoms with Crippen molar-refractivity contribution in [3.63, 3.8) is 0 Å². The Kier molecular flexibility index (Phi) is 3.35. The molecule has 0 radical (unpaired) electrons. The van der Waals surface area contributed by atoms with E-state index in [1.54, 1.807) is 0 Å². The number of carboxylic acid groups (broad SMARTS) is 1. The van der Waals surface area contributed by atoms with Crippen molar-refractivity contribution in [2.75, 3.05) is 13.2 Å². The number of carbonyl (C=O) groups is 2. The molecule has 1 saturated heterocycles. The van der Waals surface area contributed by atoms with E-state index in [1.807, 2.05) is 0 Å². The monoisotopic (exact) mass is 268 g/mol. The van der Waals surface area contributed by atoms with Crippen molar-refractivity contribution in [1.82, 2.24) is 10.6 Å². The van der Waals surface area contributed by atoms with Crippen molar-refractivity contribution < 1.29 is 19.4 Å². The van der Waals surface area contributed by atoms with E-state index in [9.17, 15) is 9.59 Å². The zero-order chi connectivity index (χ0) is 13.4. The molecule has 19 heavy (non-hydrogen) atoms. The Balaban J connectivity index is 1.51. The predicted molar refractivity (Wildman–Crippen MR) is 66.6 cm³/mol. The molecule has 0 aromatic rings. The maximum absolute atomic E-state index is 12.0. The predicted octanol–water partition coefficient (Wildman–Crippen LogP) is 0.574. The van der Waals surface area contributed by atoms with Gasteiger partial charge in [0, 0.05) is 6.04 Å². The van der Waals surface area contributed by atoms with Crippen LogP contribution in [0.15, 0.2) is 0 Å². The molecule has 0 spiro atoms. The zero-order valence-corrected chi connectivity index (χ0v) is 10.8. The Labute approximate surface area is 111 Å². The van der Waals surface area contributed by atoms with Gasteiger partial charge in [-0.2, -0.15) is 0 Å². The molecule has 2 aliphatic carbocycles. The topological polar surface area (TPSA) is 87.7 Å². The second kappa shape index (κ2) is 5.00. The van der Waals surface area contributed by atoms with Crippen molar-refractivity contribution >= 4 is 12.0 Å². The third-order valence-electron chi connectivity index (χ3n) is 4.27. The molecular formula is C13H20N2O4. The van der Waals surface area contributed by atoms with Crippen molar-refractivity contribution in [3.8, 4) is 0 Å². The Hall–Kier alpha value is -1.30. The minimum atomic E-state index is -0.913. The molecule has 2 amide bonds. The number of hydrogen-bond acceptors (Lipinski definition) is 3. The minimum absolute atomic E-state index is 0.176. The van der Waals surface area contributed by atoms with Crippen molar-refractivity contribution in [2.24, 2.45) is 17.8 Å². The highest BCUT2D eigenvalue weighted by Crippen LogP contribution is 2.44. The number of nitrogens with one attached hydrogen (secondary N) is 2. The lowest BCUT2D eigenvalue weighted by atomic mass is 10.0. The maximum atomic E-state index is 12.0. The Morgan fingerprint density at radius 2 is 1.74 bits per heavy atom. The molecule has 1 aliphatic heterocycles. The summed E-state index contributed by atoms with van der Waals surface area (Å²) in [5.41, 5.74) is 0. The first-order chi connectivity index (χ1) is 9.15. The quantitative estimate of drug-likeness (QED) is 0.680. The minimum Gasteiger partial charge on any atom is -0.481 e. The third kappa shape index (κ3) is 3.00. The van der Waals surface area contributed by atoms with E-state index in [2.05, 4.69) is 10.6 Å². The van der Waals surface area contributed by atoms with Gasteiger partial charge >= 0.3 is 12.0 Å². The smallest absolute Gasteiger partial charge is 0.315 e. The Bertz CT molecular complexity index is 367. The third-order valence-corrected chi connectivity index (χ3v) is 4.27. The average molecular weight is 268 g/mol.